The first kappa shape index (κ1) is 13.1. The van der Waals surface area contributed by atoms with Crippen LogP contribution >= 0.6 is 11.6 Å². The highest BCUT2D eigenvalue weighted by molar-refractivity contribution is 6.31. The summed E-state index contributed by atoms with van der Waals surface area (Å²) in [4.78, 5) is 0. The van der Waals surface area contributed by atoms with Crippen molar-refractivity contribution in [3.8, 4) is 0 Å². The zero-order chi connectivity index (χ0) is 13.0. The molecule has 6 heteroatoms. The van der Waals surface area contributed by atoms with Gasteiger partial charge in [0, 0.05) is 12.7 Å². The smallest absolute Gasteiger partial charge is 0.0954 e. The van der Waals surface area contributed by atoms with Crippen LogP contribution in [0.25, 0.3) is 0 Å². The summed E-state index contributed by atoms with van der Waals surface area (Å²) < 4.78 is 12.0. The molecular formula is C12H16ClN3O2. The van der Waals surface area contributed by atoms with E-state index < -0.39 is 0 Å². The fraction of sp³-hybridized carbons (Fsp3) is 0.417. The highest BCUT2D eigenvalue weighted by Crippen LogP contribution is 2.28. The number of hydrogen-bond acceptors (Lipinski definition) is 4. The summed E-state index contributed by atoms with van der Waals surface area (Å²) in [6, 6.07) is 1.86. The molecule has 18 heavy (non-hydrogen) atoms. The SMILES string of the molecule is CNC(c1ccoc1)c1c(Cl)cnn1CCOC. The Hall–Kier alpha value is -1.30. The van der Waals surface area contributed by atoms with E-state index in [2.05, 4.69) is 10.4 Å². The van der Waals surface area contributed by atoms with Gasteiger partial charge in [-0.1, -0.05) is 11.6 Å². The average molecular weight is 270 g/mol. The summed E-state index contributed by atoms with van der Waals surface area (Å²) in [5.41, 5.74) is 1.93. The third-order valence-electron chi connectivity index (χ3n) is 2.78. The molecule has 0 aliphatic heterocycles. The molecule has 0 saturated carbocycles. The molecular weight excluding hydrogens is 254 g/mol. The Balaban J connectivity index is 2.32. The van der Waals surface area contributed by atoms with Crippen LogP contribution in [0.2, 0.25) is 5.02 Å². The fourth-order valence-corrected chi connectivity index (χ4v) is 2.17. The molecule has 2 rings (SSSR count). The van der Waals surface area contributed by atoms with Crippen LogP contribution in [0.15, 0.2) is 29.2 Å². The maximum atomic E-state index is 6.22. The summed E-state index contributed by atoms with van der Waals surface area (Å²) in [6.07, 6.45) is 4.99. The topological polar surface area (TPSA) is 52.2 Å². The van der Waals surface area contributed by atoms with Crippen LogP contribution in [0.5, 0.6) is 0 Å². The molecule has 0 fully saturated rings. The van der Waals surface area contributed by atoms with Crippen LogP contribution in [0.1, 0.15) is 17.3 Å². The zero-order valence-corrected chi connectivity index (χ0v) is 11.1. The molecule has 0 aliphatic rings. The van der Waals surface area contributed by atoms with Crippen molar-refractivity contribution >= 4 is 11.6 Å². The molecule has 0 saturated heterocycles. The maximum Gasteiger partial charge on any atom is 0.0954 e. The van der Waals surface area contributed by atoms with Crippen LogP contribution in [0.4, 0.5) is 0 Å². The van der Waals surface area contributed by atoms with Gasteiger partial charge in [-0.05, 0) is 13.1 Å². The second kappa shape index (κ2) is 6.04. The van der Waals surface area contributed by atoms with Crippen molar-refractivity contribution in [1.82, 2.24) is 15.1 Å². The standard InChI is InChI=1S/C12H16ClN3O2/c1-14-11(9-3-5-18-8-9)12-10(13)7-15-16(12)4-6-17-2/h3,5,7-8,11,14H,4,6H2,1-2H3. The van der Waals surface area contributed by atoms with E-state index in [4.69, 9.17) is 20.8 Å². The second-order valence-corrected chi connectivity index (χ2v) is 4.28. The molecule has 0 aliphatic carbocycles. The van der Waals surface area contributed by atoms with Crippen LogP contribution < -0.4 is 5.32 Å². The first-order valence-corrected chi connectivity index (χ1v) is 6.05. The summed E-state index contributed by atoms with van der Waals surface area (Å²) in [5.74, 6) is 0. The van der Waals surface area contributed by atoms with E-state index in [-0.39, 0.29) is 6.04 Å². The first-order chi connectivity index (χ1) is 8.77. The van der Waals surface area contributed by atoms with E-state index >= 15 is 0 Å². The third kappa shape index (κ3) is 2.58. The van der Waals surface area contributed by atoms with Crippen LogP contribution in [0.3, 0.4) is 0 Å². The Morgan fingerprint density at radius 3 is 3.06 bits per heavy atom. The van der Waals surface area contributed by atoms with E-state index in [1.54, 1.807) is 25.8 Å². The minimum Gasteiger partial charge on any atom is -0.472 e. The number of aromatic nitrogens is 2. The summed E-state index contributed by atoms with van der Waals surface area (Å²) >= 11 is 6.22. The molecule has 0 amide bonds. The van der Waals surface area contributed by atoms with Gasteiger partial charge >= 0.3 is 0 Å². The molecule has 2 heterocycles. The molecule has 98 valence electrons. The van der Waals surface area contributed by atoms with Gasteiger partial charge in [-0.2, -0.15) is 5.10 Å². The molecule has 1 unspecified atom stereocenters. The largest absolute Gasteiger partial charge is 0.472 e. The average Bonchev–Trinajstić information content (AvgIpc) is 3.00. The van der Waals surface area contributed by atoms with Gasteiger partial charge in [-0.15, -0.1) is 0 Å². The predicted molar refractivity (Wildman–Crippen MR) is 68.7 cm³/mol. The van der Waals surface area contributed by atoms with Gasteiger partial charge in [0.05, 0.1) is 48.6 Å². The Kier molecular flexibility index (Phi) is 4.41. The molecule has 0 aromatic carbocycles. The monoisotopic (exact) mass is 269 g/mol. The molecule has 5 nitrogen and oxygen atoms in total. The van der Waals surface area contributed by atoms with Gasteiger partial charge < -0.3 is 14.5 Å². The second-order valence-electron chi connectivity index (χ2n) is 3.87. The molecule has 2 aromatic rings. The van der Waals surface area contributed by atoms with Gasteiger partial charge in [-0.3, -0.25) is 4.68 Å². The molecule has 1 atom stereocenters. The van der Waals surface area contributed by atoms with Crippen molar-refractivity contribution in [2.45, 2.75) is 12.6 Å². The van der Waals surface area contributed by atoms with Gasteiger partial charge in [0.15, 0.2) is 0 Å². The zero-order valence-electron chi connectivity index (χ0n) is 10.4. The summed E-state index contributed by atoms with van der Waals surface area (Å²) in [6.45, 7) is 1.25. The van der Waals surface area contributed by atoms with E-state index in [9.17, 15) is 0 Å². The normalized spacial score (nSPS) is 12.8. The molecule has 0 spiro atoms. The van der Waals surface area contributed by atoms with Crippen molar-refractivity contribution in [3.63, 3.8) is 0 Å². The molecule has 1 N–H and O–H groups in total. The minimum atomic E-state index is -0.0457. The van der Waals surface area contributed by atoms with Crippen molar-refractivity contribution in [1.29, 1.82) is 0 Å². The molecule has 0 bridgehead atoms. The number of nitrogens with one attached hydrogen (secondary N) is 1. The molecule has 0 radical (unpaired) electrons. The van der Waals surface area contributed by atoms with Crippen molar-refractivity contribution in [2.24, 2.45) is 0 Å². The van der Waals surface area contributed by atoms with Crippen molar-refractivity contribution < 1.29 is 9.15 Å². The summed E-state index contributed by atoms with van der Waals surface area (Å²) in [7, 11) is 3.54. The Bertz CT molecular complexity index is 481. The van der Waals surface area contributed by atoms with E-state index in [1.165, 1.54) is 0 Å². The Morgan fingerprint density at radius 2 is 2.44 bits per heavy atom. The lowest BCUT2D eigenvalue weighted by Crippen LogP contribution is -2.22. The predicted octanol–water partition coefficient (Wildman–Crippen LogP) is 2.08. The van der Waals surface area contributed by atoms with Gasteiger partial charge in [0.1, 0.15) is 0 Å². The van der Waals surface area contributed by atoms with Gasteiger partial charge in [0.2, 0.25) is 0 Å². The third-order valence-corrected chi connectivity index (χ3v) is 3.07. The number of methoxy groups -OCH3 is 1. The van der Waals surface area contributed by atoms with Crippen LogP contribution in [-0.2, 0) is 11.3 Å². The highest BCUT2D eigenvalue weighted by atomic mass is 35.5. The van der Waals surface area contributed by atoms with E-state index in [1.807, 2.05) is 17.8 Å². The number of halogens is 1. The first-order valence-electron chi connectivity index (χ1n) is 5.67. The number of furan rings is 1. The van der Waals surface area contributed by atoms with Crippen LogP contribution in [0, 0.1) is 0 Å². The maximum absolute atomic E-state index is 6.22. The van der Waals surface area contributed by atoms with Gasteiger partial charge in [0.25, 0.3) is 0 Å². The van der Waals surface area contributed by atoms with Crippen LogP contribution in [-0.4, -0.2) is 30.5 Å². The minimum absolute atomic E-state index is 0.0457. The summed E-state index contributed by atoms with van der Waals surface area (Å²) in [5, 5.41) is 8.12. The van der Waals surface area contributed by atoms with Crippen molar-refractivity contribution in [2.75, 3.05) is 20.8 Å². The number of ether oxygens (including phenoxy) is 1. The number of nitrogens with zero attached hydrogens (tertiary/aromatic N) is 2. The quantitative estimate of drug-likeness (QED) is 0.872. The number of rotatable bonds is 6. The number of hydrogen-bond donors (Lipinski definition) is 1. The fourth-order valence-electron chi connectivity index (χ4n) is 1.92. The van der Waals surface area contributed by atoms with Gasteiger partial charge in [-0.25, -0.2) is 0 Å². The Labute approximate surface area is 111 Å². The highest BCUT2D eigenvalue weighted by Gasteiger charge is 2.21. The van der Waals surface area contributed by atoms with Crippen molar-refractivity contribution in [3.05, 3.63) is 41.1 Å². The Morgan fingerprint density at radius 1 is 1.61 bits per heavy atom. The lowest BCUT2D eigenvalue weighted by Gasteiger charge is -2.17. The van der Waals surface area contributed by atoms with E-state index in [0.717, 1.165) is 11.3 Å². The van der Waals surface area contributed by atoms with E-state index in [0.29, 0.717) is 18.2 Å². The molecule has 2 aromatic heterocycles. The lowest BCUT2D eigenvalue weighted by atomic mass is 10.1. The lowest BCUT2D eigenvalue weighted by molar-refractivity contribution is 0.182.